The molecule has 0 spiro atoms. The van der Waals surface area contributed by atoms with Gasteiger partial charge in [0, 0.05) is 19.1 Å². The highest BCUT2D eigenvalue weighted by atomic mass is 19.1. The predicted molar refractivity (Wildman–Crippen MR) is 59.5 cm³/mol. The van der Waals surface area contributed by atoms with Crippen LogP contribution in [0.1, 0.15) is 23.2 Å². The summed E-state index contributed by atoms with van der Waals surface area (Å²) >= 11 is 0. The zero-order chi connectivity index (χ0) is 12.4. The SMILES string of the molecule is NCC1CCCN1C(=O)c1c(F)cccc1F. The van der Waals surface area contributed by atoms with E-state index >= 15 is 0 Å². The van der Waals surface area contributed by atoms with E-state index in [9.17, 15) is 13.6 Å². The molecule has 1 aliphatic heterocycles. The Morgan fingerprint density at radius 2 is 2.06 bits per heavy atom. The van der Waals surface area contributed by atoms with E-state index < -0.39 is 23.1 Å². The van der Waals surface area contributed by atoms with E-state index in [2.05, 4.69) is 0 Å². The van der Waals surface area contributed by atoms with Crippen LogP contribution in [0.2, 0.25) is 0 Å². The molecular weight excluding hydrogens is 226 g/mol. The Labute approximate surface area is 98.2 Å². The summed E-state index contributed by atoms with van der Waals surface area (Å²) in [4.78, 5) is 13.5. The minimum absolute atomic E-state index is 0.110. The fourth-order valence-electron chi connectivity index (χ4n) is 2.19. The van der Waals surface area contributed by atoms with Crippen molar-refractivity contribution in [3.05, 3.63) is 35.4 Å². The van der Waals surface area contributed by atoms with Crippen molar-refractivity contribution in [2.75, 3.05) is 13.1 Å². The van der Waals surface area contributed by atoms with Gasteiger partial charge in [-0.15, -0.1) is 0 Å². The third kappa shape index (κ3) is 2.15. The summed E-state index contributed by atoms with van der Waals surface area (Å²) in [5, 5.41) is 0. The first-order valence-electron chi connectivity index (χ1n) is 5.60. The maximum atomic E-state index is 13.5. The molecule has 0 aromatic heterocycles. The number of nitrogens with two attached hydrogens (primary N) is 1. The van der Waals surface area contributed by atoms with Crippen molar-refractivity contribution >= 4 is 5.91 Å². The van der Waals surface area contributed by atoms with Crippen LogP contribution in [-0.2, 0) is 0 Å². The summed E-state index contributed by atoms with van der Waals surface area (Å²) in [7, 11) is 0. The normalized spacial score (nSPS) is 19.7. The van der Waals surface area contributed by atoms with E-state index in [0.717, 1.165) is 25.0 Å². The molecule has 5 heteroatoms. The molecule has 1 fully saturated rings. The number of carbonyl (C=O) groups excluding carboxylic acids is 1. The molecule has 0 bridgehead atoms. The Morgan fingerprint density at radius 1 is 1.41 bits per heavy atom. The third-order valence-electron chi connectivity index (χ3n) is 3.09. The molecule has 0 radical (unpaired) electrons. The maximum Gasteiger partial charge on any atom is 0.260 e. The number of hydrogen-bond acceptors (Lipinski definition) is 2. The van der Waals surface area contributed by atoms with Crippen LogP contribution in [-0.4, -0.2) is 29.9 Å². The Kier molecular flexibility index (Phi) is 3.38. The van der Waals surface area contributed by atoms with E-state index in [0.29, 0.717) is 13.1 Å². The second kappa shape index (κ2) is 4.79. The Hall–Kier alpha value is -1.49. The first-order valence-corrected chi connectivity index (χ1v) is 5.60. The Morgan fingerprint density at radius 3 is 2.65 bits per heavy atom. The number of rotatable bonds is 2. The van der Waals surface area contributed by atoms with E-state index in [4.69, 9.17) is 5.73 Å². The Balaban J connectivity index is 2.31. The van der Waals surface area contributed by atoms with Gasteiger partial charge in [0.1, 0.15) is 17.2 Å². The largest absolute Gasteiger partial charge is 0.334 e. The average molecular weight is 240 g/mol. The summed E-state index contributed by atoms with van der Waals surface area (Å²) < 4.78 is 26.9. The predicted octanol–water partition coefficient (Wildman–Crippen LogP) is 1.53. The van der Waals surface area contributed by atoms with Gasteiger partial charge in [0.2, 0.25) is 0 Å². The lowest BCUT2D eigenvalue weighted by atomic mass is 10.1. The molecule has 1 amide bonds. The molecule has 1 aliphatic rings. The lowest BCUT2D eigenvalue weighted by molar-refractivity contribution is 0.0731. The number of hydrogen-bond donors (Lipinski definition) is 1. The molecule has 1 saturated heterocycles. The van der Waals surface area contributed by atoms with Crippen LogP contribution in [0.5, 0.6) is 0 Å². The van der Waals surface area contributed by atoms with Crippen LogP contribution >= 0.6 is 0 Å². The number of carbonyl (C=O) groups is 1. The van der Waals surface area contributed by atoms with Gasteiger partial charge in [0.05, 0.1) is 0 Å². The van der Waals surface area contributed by atoms with Gasteiger partial charge in [-0.05, 0) is 25.0 Å². The van der Waals surface area contributed by atoms with Gasteiger partial charge in [-0.1, -0.05) is 6.07 Å². The molecule has 1 aromatic rings. The van der Waals surface area contributed by atoms with E-state index in [-0.39, 0.29) is 6.04 Å². The van der Waals surface area contributed by atoms with Gasteiger partial charge in [0.25, 0.3) is 5.91 Å². The summed E-state index contributed by atoms with van der Waals surface area (Å²) in [6.07, 6.45) is 1.61. The molecule has 1 aromatic carbocycles. The highest BCUT2D eigenvalue weighted by molar-refractivity contribution is 5.95. The smallest absolute Gasteiger partial charge is 0.260 e. The minimum atomic E-state index is -0.822. The standard InChI is InChI=1S/C12H14F2N2O/c13-9-4-1-5-10(14)11(9)12(17)16-6-2-3-8(16)7-15/h1,4-5,8H,2-3,6-7,15H2. The molecule has 1 atom stereocenters. The zero-order valence-corrected chi connectivity index (χ0v) is 9.33. The summed E-state index contributed by atoms with van der Waals surface area (Å²) in [5.41, 5.74) is 5.06. The molecule has 0 saturated carbocycles. The van der Waals surface area contributed by atoms with Gasteiger partial charge in [0.15, 0.2) is 0 Å². The first kappa shape index (κ1) is 12.0. The fourth-order valence-corrected chi connectivity index (χ4v) is 2.19. The van der Waals surface area contributed by atoms with Crippen LogP contribution in [0.15, 0.2) is 18.2 Å². The molecule has 17 heavy (non-hydrogen) atoms. The van der Waals surface area contributed by atoms with Crippen molar-refractivity contribution in [1.29, 1.82) is 0 Å². The lowest BCUT2D eigenvalue weighted by Crippen LogP contribution is -2.40. The molecular formula is C12H14F2N2O. The van der Waals surface area contributed by atoms with Crippen molar-refractivity contribution in [3.63, 3.8) is 0 Å². The molecule has 3 nitrogen and oxygen atoms in total. The maximum absolute atomic E-state index is 13.5. The molecule has 2 rings (SSSR count). The second-order valence-electron chi connectivity index (χ2n) is 4.13. The van der Waals surface area contributed by atoms with Gasteiger partial charge >= 0.3 is 0 Å². The number of benzene rings is 1. The van der Waals surface area contributed by atoms with Crippen molar-refractivity contribution < 1.29 is 13.6 Å². The van der Waals surface area contributed by atoms with E-state index in [1.165, 1.54) is 11.0 Å². The van der Waals surface area contributed by atoms with Crippen molar-refractivity contribution in [2.24, 2.45) is 5.73 Å². The molecule has 92 valence electrons. The van der Waals surface area contributed by atoms with Gasteiger partial charge in [-0.3, -0.25) is 4.79 Å². The van der Waals surface area contributed by atoms with Crippen LogP contribution < -0.4 is 5.73 Å². The van der Waals surface area contributed by atoms with E-state index in [1.54, 1.807) is 0 Å². The molecule has 2 N–H and O–H groups in total. The average Bonchev–Trinajstić information content (AvgIpc) is 2.76. The molecule has 0 aliphatic carbocycles. The number of nitrogens with zero attached hydrogens (tertiary/aromatic N) is 1. The summed E-state index contributed by atoms with van der Waals surface area (Å²) in [6, 6.07) is 3.31. The summed E-state index contributed by atoms with van der Waals surface area (Å²) in [5.74, 6) is -2.25. The molecule has 1 heterocycles. The molecule has 1 unspecified atom stereocenters. The lowest BCUT2D eigenvalue weighted by Gasteiger charge is -2.23. The number of amides is 1. The summed E-state index contributed by atoms with van der Waals surface area (Å²) in [6.45, 7) is 0.830. The number of likely N-dealkylation sites (tertiary alicyclic amines) is 1. The monoisotopic (exact) mass is 240 g/mol. The van der Waals surface area contributed by atoms with E-state index in [1.807, 2.05) is 0 Å². The van der Waals surface area contributed by atoms with Gasteiger partial charge in [-0.2, -0.15) is 0 Å². The minimum Gasteiger partial charge on any atom is -0.334 e. The Bertz CT molecular complexity index is 416. The van der Waals surface area contributed by atoms with Crippen molar-refractivity contribution in [2.45, 2.75) is 18.9 Å². The highest BCUT2D eigenvalue weighted by Gasteiger charge is 2.31. The van der Waals surface area contributed by atoms with Crippen LogP contribution in [0.3, 0.4) is 0 Å². The van der Waals surface area contributed by atoms with Crippen LogP contribution in [0.25, 0.3) is 0 Å². The fraction of sp³-hybridized carbons (Fsp3) is 0.417. The zero-order valence-electron chi connectivity index (χ0n) is 9.33. The van der Waals surface area contributed by atoms with Gasteiger partial charge in [-0.25, -0.2) is 8.78 Å². The third-order valence-corrected chi connectivity index (χ3v) is 3.09. The van der Waals surface area contributed by atoms with Gasteiger partial charge < -0.3 is 10.6 Å². The van der Waals surface area contributed by atoms with Crippen molar-refractivity contribution in [3.8, 4) is 0 Å². The number of halogens is 2. The van der Waals surface area contributed by atoms with Crippen molar-refractivity contribution in [1.82, 2.24) is 4.90 Å². The second-order valence-corrected chi connectivity index (χ2v) is 4.13. The topological polar surface area (TPSA) is 46.3 Å². The quantitative estimate of drug-likeness (QED) is 0.852. The van der Waals surface area contributed by atoms with Crippen LogP contribution in [0.4, 0.5) is 8.78 Å². The highest BCUT2D eigenvalue weighted by Crippen LogP contribution is 2.22. The van der Waals surface area contributed by atoms with Crippen LogP contribution in [0, 0.1) is 11.6 Å². The first-order chi connectivity index (χ1) is 8.15.